The van der Waals surface area contributed by atoms with Crippen molar-refractivity contribution >= 4 is 38.4 Å². The van der Waals surface area contributed by atoms with Crippen molar-refractivity contribution in [3.8, 4) is 11.3 Å². The summed E-state index contributed by atoms with van der Waals surface area (Å²) >= 11 is 9.47. The molecule has 0 unspecified atom stereocenters. The Labute approximate surface area is 128 Å². The molecular weight excluding hydrogens is 342 g/mol. The molecule has 0 fully saturated rings. The zero-order valence-electron chi connectivity index (χ0n) is 10.5. The summed E-state index contributed by atoms with van der Waals surface area (Å²) in [6.07, 6.45) is 1.62. The number of hydrogen-bond donors (Lipinski definition) is 0. The molecule has 0 saturated carbocycles. The number of halogens is 2. The largest absolute Gasteiger partial charge is 0.308 e. The predicted octanol–water partition coefficient (Wildman–Crippen LogP) is 3.41. The van der Waals surface area contributed by atoms with Crippen LogP contribution in [0, 0.1) is 0 Å². The molecule has 3 aromatic rings. The van der Waals surface area contributed by atoms with Crippen LogP contribution >= 0.6 is 27.5 Å². The van der Waals surface area contributed by atoms with Crippen molar-refractivity contribution < 1.29 is 0 Å². The number of rotatable bonds is 1. The van der Waals surface area contributed by atoms with Gasteiger partial charge in [0.25, 0.3) is 5.56 Å². The van der Waals surface area contributed by atoms with E-state index in [0.717, 1.165) is 10.9 Å². The minimum absolute atomic E-state index is 0.126. The van der Waals surface area contributed by atoms with Crippen molar-refractivity contribution in [1.82, 2.24) is 14.8 Å². The molecule has 20 heavy (non-hydrogen) atoms. The quantitative estimate of drug-likeness (QED) is 0.676. The summed E-state index contributed by atoms with van der Waals surface area (Å²) in [5.41, 5.74) is 1.94. The van der Waals surface area contributed by atoms with Crippen molar-refractivity contribution in [3.63, 3.8) is 0 Å². The summed E-state index contributed by atoms with van der Waals surface area (Å²) in [5.74, 6) is 0. The summed E-state index contributed by atoms with van der Waals surface area (Å²) < 4.78 is 2.04. The monoisotopic (exact) mass is 349 g/mol. The average Bonchev–Trinajstić information content (AvgIpc) is 2.45. The van der Waals surface area contributed by atoms with Gasteiger partial charge in [0.2, 0.25) is 0 Å². The number of hydrogen-bond acceptors (Lipinski definition) is 3. The molecule has 0 radical (unpaired) electrons. The van der Waals surface area contributed by atoms with Gasteiger partial charge in [-0.05, 0) is 28.1 Å². The van der Waals surface area contributed by atoms with Gasteiger partial charge in [0.15, 0.2) is 0 Å². The van der Waals surface area contributed by atoms with E-state index >= 15 is 0 Å². The molecule has 2 aromatic heterocycles. The van der Waals surface area contributed by atoms with Crippen LogP contribution in [0.4, 0.5) is 0 Å². The second-order valence-corrected chi connectivity index (χ2v) is 5.59. The third kappa shape index (κ3) is 2.03. The molecule has 100 valence electrons. The second-order valence-electron chi connectivity index (χ2n) is 4.33. The summed E-state index contributed by atoms with van der Waals surface area (Å²) in [4.78, 5) is 12.1. The molecule has 0 N–H and O–H groups in total. The number of benzene rings is 1. The van der Waals surface area contributed by atoms with Crippen molar-refractivity contribution in [1.29, 1.82) is 0 Å². The molecule has 0 spiro atoms. The first kappa shape index (κ1) is 13.3. The van der Waals surface area contributed by atoms with Crippen LogP contribution in [0.3, 0.4) is 0 Å². The minimum Gasteiger partial charge on any atom is -0.308 e. The summed E-state index contributed by atoms with van der Waals surface area (Å²) in [7, 11) is 1.71. The summed E-state index contributed by atoms with van der Waals surface area (Å²) in [6, 6.07) is 9.11. The lowest BCUT2D eigenvalue weighted by molar-refractivity contribution is 0.889. The lowest BCUT2D eigenvalue weighted by Gasteiger charge is -2.10. The van der Waals surface area contributed by atoms with Gasteiger partial charge in [-0.2, -0.15) is 5.10 Å². The number of aryl methyl sites for hydroxylation is 1. The van der Waals surface area contributed by atoms with Crippen molar-refractivity contribution in [2.75, 3.05) is 0 Å². The molecular formula is C14H9BrClN3O. The van der Waals surface area contributed by atoms with E-state index in [9.17, 15) is 4.79 Å². The van der Waals surface area contributed by atoms with Gasteiger partial charge in [0.1, 0.15) is 5.69 Å². The average molecular weight is 351 g/mol. The fourth-order valence-corrected chi connectivity index (χ4v) is 2.88. The molecule has 6 heteroatoms. The van der Waals surface area contributed by atoms with E-state index < -0.39 is 0 Å². The van der Waals surface area contributed by atoms with E-state index in [2.05, 4.69) is 26.1 Å². The fraction of sp³-hybridized carbons (Fsp3) is 0.0714. The Morgan fingerprint density at radius 2 is 2.05 bits per heavy atom. The van der Waals surface area contributed by atoms with E-state index in [4.69, 9.17) is 11.6 Å². The minimum atomic E-state index is -0.126. The highest BCUT2D eigenvalue weighted by Gasteiger charge is 2.14. The van der Waals surface area contributed by atoms with E-state index in [0.29, 0.717) is 20.7 Å². The van der Waals surface area contributed by atoms with Crippen LogP contribution in [0.5, 0.6) is 0 Å². The first-order valence-corrected chi connectivity index (χ1v) is 7.02. The topological polar surface area (TPSA) is 47.8 Å². The predicted molar refractivity (Wildman–Crippen MR) is 82.9 cm³/mol. The number of nitrogens with zero attached hydrogens (tertiary/aromatic N) is 3. The van der Waals surface area contributed by atoms with Gasteiger partial charge in [-0.25, -0.2) is 0 Å². The molecule has 0 amide bonds. The number of aromatic nitrogens is 3. The molecule has 0 aliphatic carbocycles. The van der Waals surface area contributed by atoms with Gasteiger partial charge in [-0.3, -0.25) is 4.79 Å². The fourth-order valence-electron chi connectivity index (χ4n) is 2.15. The first-order chi connectivity index (χ1) is 9.59. The van der Waals surface area contributed by atoms with E-state index in [1.165, 1.54) is 0 Å². The lowest BCUT2D eigenvalue weighted by atomic mass is 10.1. The molecule has 0 bridgehead atoms. The van der Waals surface area contributed by atoms with Crippen molar-refractivity contribution in [2.45, 2.75) is 0 Å². The zero-order valence-corrected chi connectivity index (χ0v) is 12.8. The van der Waals surface area contributed by atoms with Gasteiger partial charge < -0.3 is 4.57 Å². The molecule has 0 aliphatic heterocycles. The highest BCUT2D eigenvalue weighted by Crippen LogP contribution is 2.30. The van der Waals surface area contributed by atoms with Crippen LogP contribution in [0.1, 0.15) is 0 Å². The van der Waals surface area contributed by atoms with E-state index in [1.54, 1.807) is 29.9 Å². The van der Waals surface area contributed by atoms with Crippen LogP contribution in [-0.2, 0) is 7.05 Å². The van der Waals surface area contributed by atoms with Crippen LogP contribution in [0.2, 0.25) is 5.02 Å². The second kappa shape index (κ2) is 5.00. The molecule has 0 aliphatic rings. The molecule has 0 atom stereocenters. The maximum Gasteiger partial charge on any atom is 0.265 e. The zero-order chi connectivity index (χ0) is 14.3. The Hall–Kier alpha value is -1.72. The standard InChI is InChI=1S/C14H9BrClN3O/c1-19-13-8(6-10(15)14(19)20)7-17-18-12(13)9-4-2-3-5-11(9)16/h2-7H,1H3. The normalized spacial score (nSPS) is 10.9. The summed E-state index contributed by atoms with van der Waals surface area (Å²) in [5, 5.41) is 9.55. The van der Waals surface area contributed by atoms with E-state index in [-0.39, 0.29) is 5.56 Å². The smallest absolute Gasteiger partial charge is 0.265 e. The molecule has 3 rings (SSSR count). The Morgan fingerprint density at radius 3 is 2.80 bits per heavy atom. The highest BCUT2D eigenvalue weighted by atomic mass is 79.9. The van der Waals surface area contributed by atoms with Gasteiger partial charge in [0, 0.05) is 18.0 Å². The molecule has 4 nitrogen and oxygen atoms in total. The Bertz CT molecular complexity index is 876. The van der Waals surface area contributed by atoms with Gasteiger partial charge in [-0.15, -0.1) is 5.10 Å². The van der Waals surface area contributed by atoms with Crippen molar-refractivity contribution in [2.24, 2.45) is 7.05 Å². The van der Waals surface area contributed by atoms with Crippen LogP contribution in [0.15, 0.2) is 45.8 Å². The molecule has 1 aromatic carbocycles. The SMILES string of the molecule is Cn1c(=O)c(Br)cc2cnnc(-c3ccccc3Cl)c21. The number of fused-ring (bicyclic) bond motifs is 1. The summed E-state index contributed by atoms with van der Waals surface area (Å²) in [6.45, 7) is 0. The van der Waals surface area contributed by atoms with Crippen molar-refractivity contribution in [3.05, 3.63) is 56.4 Å². The Balaban J connectivity index is 2.47. The van der Waals surface area contributed by atoms with Crippen LogP contribution in [0.25, 0.3) is 22.2 Å². The number of pyridine rings is 1. The highest BCUT2D eigenvalue weighted by molar-refractivity contribution is 9.10. The third-order valence-electron chi connectivity index (χ3n) is 3.11. The Morgan fingerprint density at radius 1 is 1.30 bits per heavy atom. The van der Waals surface area contributed by atoms with Gasteiger partial charge in [-0.1, -0.05) is 29.8 Å². The maximum absolute atomic E-state index is 12.1. The lowest BCUT2D eigenvalue weighted by Crippen LogP contribution is -2.18. The Kier molecular flexibility index (Phi) is 3.31. The van der Waals surface area contributed by atoms with Crippen LogP contribution in [-0.4, -0.2) is 14.8 Å². The molecule has 0 saturated heterocycles. The van der Waals surface area contributed by atoms with E-state index in [1.807, 2.05) is 18.2 Å². The third-order valence-corrected chi connectivity index (χ3v) is 4.01. The van der Waals surface area contributed by atoms with Gasteiger partial charge in [0.05, 0.1) is 21.2 Å². The van der Waals surface area contributed by atoms with Gasteiger partial charge >= 0.3 is 0 Å². The molecule has 2 heterocycles. The first-order valence-electron chi connectivity index (χ1n) is 5.85. The maximum atomic E-state index is 12.1. The van der Waals surface area contributed by atoms with Crippen LogP contribution < -0.4 is 5.56 Å².